The van der Waals surface area contributed by atoms with Crippen molar-refractivity contribution < 1.29 is 14.0 Å². The molecule has 1 unspecified atom stereocenters. The van der Waals surface area contributed by atoms with E-state index in [4.69, 9.17) is 0 Å². The van der Waals surface area contributed by atoms with Crippen molar-refractivity contribution in [3.8, 4) is 0 Å². The molecule has 2 heterocycles. The summed E-state index contributed by atoms with van der Waals surface area (Å²) in [5, 5.41) is 0. The van der Waals surface area contributed by atoms with Gasteiger partial charge in [-0.05, 0) is 24.5 Å². The van der Waals surface area contributed by atoms with E-state index in [1.807, 2.05) is 6.92 Å². The summed E-state index contributed by atoms with van der Waals surface area (Å²) < 4.78 is 12.9. The van der Waals surface area contributed by atoms with Gasteiger partial charge in [0.1, 0.15) is 5.69 Å². The van der Waals surface area contributed by atoms with Crippen LogP contribution >= 0.6 is 0 Å². The van der Waals surface area contributed by atoms with E-state index in [9.17, 15) is 14.0 Å². The van der Waals surface area contributed by atoms with Crippen LogP contribution in [-0.4, -0.2) is 28.2 Å². The number of aromatic nitrogens is 1. The first-order valence-electron chi connectivity index (χ1n) is 6.09. The Bertz CT molecular complexity index is 476. The lowest BCUT2D eigenvalue weighted by Gasteiger charge is -2.13. The fraction of sp³-hybridized carbons (Fsp3) is 0.462. The minimum absolute atomic E-state index is 0.0134. The smallest absolute Gasteiger partial charge is 0.277 e. The van der Waals surface area contributed by atoms with Gasteiger partial charge < -0.3 is 0 Å². The monoisotopic (exact) mass is 250 g/mol. The molecule has 2 amide bonds. The lowest BCUT2D eigenvalue weighted by molar-refractivity contribution is -0.125. The van der Waals surface area contributed by atoms with Crippen LogP contribution in [0.25, 0.3) is 0 Å². The Kier molecular flexibility index (Phi) is 3.69. The molecule has 0 bridgehead atoms. The standard InChI is InChI=1S/C13H15FN2O2/c1-2-4-9-7-12(17)16(8-9)13(18)10-5-3-6-11(14)15-10/h3,5-6,9H,2,4,7-8H2,1H3. The highest BCUT2D eigenvalue weighted by molar-refractivity contribution is 6.04. The molecule has 1 saturated heterocycles. The molecule has 0 N–H and O–H groups in total. The molecule has 0 radical (unpaired) electrons. The molecule has 0 spiro atoms. The van der Waals surface area contributed by atoms with E-state index in [1.54, 1.807) is 0 Å². The lowest BCUT2D eigenvalue weighted by atomic mass is 10.0. The number of hydrogen-bond acceptors (Lipinski definition) is 3. The average molecular weight is 250 g/mol. The van der Waals surface area contributed by atoms with E-state index < -0.39 is 11.9 Å². The molecule has 18 heavy (non-hydrogen) atoms. The SMILES string of the molecule is CCCC1CC(=O)N(C(=O)c2cccc(F)n2)C1. The molecule has 0 aliphatic carbocycles. The van der Waals surface area contributed by atoms with Gasteiger partial charge in [0.15, 0.2) is 0 Å². The summed E-state index contributed by atoms with van der Waals surface area (Å²) in [7, 11) is 0. The van der Waals surface area contributed by atoms with Crippen molar-refractivity contribution in [3.05, 3.63) is 29.8 Å². The second-order valence-corrected chi connectivity index (χ2v) is 4.51. The maximum absolute atomic E-state index is 12.9. The minimum Gasteiger partial charge on any atom is -0.277 e. The average Bonchev–Trinajstić information content (AvgIpc) is 2.70. The van der Waals surface area contributed by atoms with Crippen LogP contribution < -0.4 is 0 Å². The highest BCUT2D eigenvalue weighted by Gasteiger charge is 2.34. The molecular weight excluding hydrogens is 235 g/mol. The third kappa shape index (κ3) is 2.55. The Balaban J connectivity index is 2.12. The third-order valence-electron chi connectivity index (χ3n) is 3.08. The van der Waals surface area contributed by atoms with Gasteiger partial charge in [0, 0.05) is 13.0 Å². The highest BCUT2D eigenvalue weighted by atomic mass is 19.1. The third-order valence-corrected chi connectivity index (χ3v) is 3.08. The van der Waals surface area contributed by atoms with Gasteiger partial charge in [-0.15, -0.1) is 0 Å². The van der Waals surface area contributed by atoms with Crippen LogP contribution in [0, 0.1) is 11.9 Å². The number of carbonyl (C=O) groups excluding carboxylic acids is 2. The van der Waals surface area contributed by atoms with Crippen molar-refractivity contribution in [1.82, 2.24) is 9.88 Å². The zero-order chi connectivity index (χ0) is 13.1. The first-order valence-corrected chi connectivity index (χ1v) is 6.09. The van der Waals surface area contributed by atoms with Gasteiger partial charge in [-0.3, -0.25) is 14.5 Å². The van der Waals surface area contributed by atoms with Gasteiger partial charge in [-0.2, -0.15) is 4.39 Å². The second-order valence-electron chi connectivity index (χ2n) is 4.51. The predicted molar refractivity (Wildman–Crippen MR) is 63.3 cm³/mol. The quantitative estimate of drug-likeness (QED) is 0.609. The number of hydrogen-bond donors (Lipinski definition) is 0. The van der Waals surface area contributed by atoms with Crippen molar-refractivity contribution in [2.24, 2.45) is 5.92 Å². The molecular formula is C13H15FN2O2. The molecule has 1 fully saturated rings. The zero-order valence-electron chi connectivity index (χ0n) is 10.2. The molecule has 1 aromatic rings. The summed E-state index contributed by atoms with van der Waals surface area (Å²) in [5.74, 6) is -1.18. The summed E-state index contributed by atoms with van der Waals surface area (Å²) in [6.07, 6.45) is 2.30. The van der Waals surface area contributed by atoms with Gasteiger partial charge >= 0.3 is 0 Å². The summed E-state index contributed by atoms with van der Waals surface area (Å²) in [5.41, 5.74) is -0.0134. The second kappa shape index (κ2) is 5.25. The number of imide groups is 1. The summed E-state index contributed by atoms with van der Waals surface area (Å²) in [4.78, 5) is 28.5. The van der Waals surface area contributed by atoms with Crippen LogP contribution in [0.5, 0.6) is 0 Å². The minimum atomic E-state index is -0.711. The van der Waals surface area contributed by atoms with Gasteiger partial charge in [-0.1, -0.05) is 19.4 Å². The number of pyridine rings is 1. The van der Waals surface area contributed by atoms with Crippen molar-refractivity contribution in [3.63, 3.8) is 0 Å². The molecule has 4 nitrogen and oxygen atoms in total. The highest BCUT2D eigenvalue weighted by Crippen LogP contribution is 2.23. The number of nitrogens with zero attached hydrogens (tertiary/aromatic N) is 2. The van der Waals surface area contributed by atoms with Crippen LogP contribution in [-0.2, 0) is 4.79 Å². The van der Waals surface area contributed by atoms with E-state index in [-0.39, 0.29) is 17.5 Å². The van der Waals surface area contributed by atoms with Crippen LogP contribution in [0.2, 0.25) is 0 Å². The number of halogens is 1. The fourth-order valence-corrected chi connectivity index (χ4v) is 2.25. The molecule has 5 heteroatoms. The molecule has 1 aliphatic heterocycles. The van der Waals surface area contributed by atoms with Crippen molar-refractivity contribution in [1.29, 1.82) is 0 Å². The lowest BCUT2D eigenvalue weighted by Crippen LogP contribution is -2.33. The van der Waals surface area contributed by atoms with Crippen LogP contribution in [0.4, 0.5) is 4.39 Å². The Morgan fingerprint density at radius 3 is 3.00 bits per heavy atom. The van der Waals surface area contributed by atoms with E-state index in [0.29, 0.717) is 13.0 Å². The number of amides is 2. The van der Waals surface area contributed by atoms with Crippen molar-refractivity contribution in [2.45, 2.75) is 26.2 Å². The zero-order valence-corrected chi connectivity index (χ0v) is 10.2. The molecule has 0 saturated carbocycles. The van der Waals surface area contributed by atoms with E-state index in [1.165, 1.54) is 23.1 Å². The summed E-state index contributed by atoms with van der Waals surface area (Å²) >= 11 is 0. The fourth-order valence-electron chi connectivity index (χ4n) is 2.25. The topological polar surface area (TPSA) is 50.3 Å². The first-order chi connectivity index (χ1) is 8.61. The molecule has 1 atom stereocenters. The molecule has 2 rings (SSSR count). The van der Waals surface area contributed by atoms with Gasteiger partial charge in [0.25, 0.3) is 5.91 Å². The normalized spacial score (nSPS) is 19.3. The van der Waals surface area contributed by atoms with E-state index >= 15 is 0 Å². The Morgan fingerprint density at radius 1 is 1.56 bits per heavy atom. The Hall–Kier alpha value is -1.78. The molecule has 96 valence electrons. The number of carbonyl (C=O) groups is 2. The molecule has 1 aliphatic rings. The molecule has 1 aromatic heterocycles. The Morgan fingerprint density at radius 2 is 2.33 bits per heavy atom. The van der Waals surface area contributed by atoms with Gasteiger partial charge in [0.2, 0.25) is 11.9 Å². The van der Waals surface area contributed by atoms with Gasteiger partial charge in [0.05, 0.1) is 0 Å². The van der Waals surface area contributed by atoms with Crippen LogP contribution in [0.1, 0.15) is 36.7 Å². The van der Waals surface area contributed by atoms with Crippen LogP contribution in [0.3, 0.4) is 0 Å². The summed E-state index contributed by atoms with van der Waals surface area (Å²) in [6, 6.07) is 4.01. The largest absolute Gasteiger partial charge is 0.279 e. The Labute approximate surface area is 105 Å². The van der Waals surface area contributed by atoms with E-state index in [2.05, 4.69) is 4.98 Å². The predicted octanol–water partition coefficient (Wildman–Crippen LogP) is 2.01. The van der Waals surface area contributed by atoms with Crippen molar-refractivity contribution in [2.75, 3.05) is 6.54 Å². The van der Waals surface area contributed by atoms with Crippen molar-refractivity contribution >= 4 is 11.8 Å². The maximum Gasteiger partial charge on any atom is 0.279 e. The first kappa shape index (κ1) is 12.7. The van der Waals surface area contributed by atoms with Crippen LogP contribution in [0.15, 0.2) is 18.2 Å². The number of rotatable bonds is 3. The summed E-state index contributed by atoms with van der Waals surface area (Å²) in [6.45, 7) is 2.47. The van der Waals surface area contributed by atoms with Gasteiger partial charge in [-0.25, -0.2) is 4.98 Å². The molecule has 0 aromatic carbocycles. The number of likely N-dealkylation sites (tertiary alicyclic amines) is 1. The maximum atomic E-state index is 12.9. The van der Waals surface area contributed by atoms with E-state index in [0.717, 1.165) is 12.8 Å².